The number of benzene rings is 3. The zero-order chi connectivity index (χ0) is 25.9. The first-order valence-electron chi connectivity index (χ1n) is 11.4. The first kappa shape index (κ1) is 23.2. The van der Waals surface area contributed by atoms with Gasteiger partial charge >= 0.3 is 5.97 Å². The van der Waals surface area contributed by atoms with Crippen LogP contribution in [0, 0.1) is 11.8 Å². The molecule has 9 nitrogen and oxygen atoms in total. The van der Waals surface area contributed by atoms with Crippen molar-refractivity contribution in [3.8, 4) is 11.5 Å². The van der Waals surface area contributed by atoms with Crippen LogP contribution in [-0.4, -0.2) is 40.9 Å². The number of nitrogens with one attached hydrogen (secondary N) is 1. The van der Waals surface area contributed by atoms with Gasteiger partial charge in [-0.25, -0.2) is 0 Å². The summed E-state index contributed by atoms with van der Waals surface area (Å²) < 4.78 is 16.8. The van der Waals surface area contributed by atoms with E-state index in [4.69, 9.17) is 25.8 Å². The number of rotatable bonds is 4. The Morgan fingerprint density at radius 1 is 0.919 bits per heavy atom. The van der Waals surface area contributed by atoms with E-state index in [2.05, 4.69) is 5.32 Å². The van der Waals surface area contributed by atoms with Crippen molar-refractivity contribution in [1.82, 2.24) is 0 Å². The Bertz CT molecular complexity index is 1450. The minimum atomic E-state index is -2.39. The Labute approximate surface area is 214 Å². The number of amides is 1. The van der Waals surface area contributed by atoms with E-state index >= 15 is 0 Å². The van der Waals surface area contributed by atoms with Crippen molar-refractivity contribution in [2.75, 3.05) is 12.1 Å². The summed E-state index contributed by atoms with van der Waals surface area (Å²) >= 11 is 6.03. The number of Topliss-reactive ketones (excluding diaryl/α,β-unsaturated/α-hetero) is 2. The highest BCUT2D eigenvalue weighted by molar-refractivity contribution is 6.34. The number of hydrogen-bond donors (Lipinski definition) is 2. The van der Waals surface area contributed by atoms with Gasteiger partial charge in [0, 0.05) is 27.9 Å². The van der Waals surface area contributed by atoms with Gasteiger partial charge in [0.25, 0.3) is 0 Å². The molecule has 3 aliphatic rings. The molecule has 2 N–H and O–H groups in total. The summed E-state index contributed by atoms with van der Waals surface area (Å²) in [5, 5.41) is 13.5. The Kier molecular flexibility index (Phi) is 5.29. The van der Waals surface area contributed by atoms with Gasteiger partial charge in [-0.1, -0.05) is 48.0 Å². The number of halogens is 1. The molecule has 1 fully saturated rings. The molecule has 1 aliphatic carbocycles. The number of carbonyl (C=O) groups excluding carboxylic acids is 3. The maximum Gasteiger partial charge on any atom is 0.311 e. The number of hydrogen-bond acceptors (Lipinski definition) is 7. The highest BCUT2D eigenvalue weighted by atomic mass is 35.5. The lowest BCUT2D eigenvalue weighted by molar-refractivity contribution is -0.147. The van der Waals surface area contributed by atoms with Gasteiger partial charge in [0.15, 0.2) is 11.5 Å². The van der Waals surface area contributed by atoms with Crippen molar-refractivity contribution in [2.24, 2.45) is 11.8 Å². The molecule has 0 unspecified atom stereocenters. The van der Waals surface area contributed by atoms with Crippen molar-refractivity contribution in [3.63, 3.8) is 0 Å². The zero-order valence-corrected chi connectivity index (χ0v) is 19.7. The summed E-state index contributed by atoms with van der Waals surface area (Å²) in [4.78, 5) is 53.7. The average Bonchev–Trinajstić information content (AvgIpc) is 3.56. The zero-order valence-electron chi connectivity index (χ0n) is 19.0. The largest absolute Gasteiger partial charge is 0.481 e. The first-order valence-corrected chi connectivity index (χ1v) is 11.7. The van der Waals surface area contributed by atoms with Crippen LogP contribution >= 0.6 is 11.6 Å². The number of fused-ring (bicyclic) bond motifs is 2. The smallest absolute Gasteiger partial charge is 0.311 e. The van der Waals surface area contributed by atoms with Crippen LogP contribution in [0.4, 0.5) is 5.69 Å². The molecular weight excluding hydrogens is 502 g/mol. The highest BCUT2D eigenvalue weighted by Gasteiger charge is 2.71. The molecule has 1 spiro atoms. The molecule has 2 heterocycles. The van der Waals surface area contributed by atoms with Gasteiger partial charge in [-0.05, 0) is 29.8 Å². The maximum absolute atomic E-state index is 13.7. The number of carbonyl (C=O) groups is 4. The molecule has 1 amide bonds. The number of ketones is 2. The van der Waals surface area contributed by atoms with E-state index in [-0.39, 0.29) is 17.9 Å². The standard InChI is InChI=1S/C27H18ClNO8/c28-14-7-5-13(6-8-14)22-20(25(32)29-15-9-10-18-19(11-15)36-12-35-18)21(26(33)34)27(37-22)23(30)16-3-1-2-4-17(16)24(27)31/h1-11,20-22H,12H2,(H,29,32)(H,33,34)/t20-,21-,22-/m0/s1. The predicted molar refractivity (Wildman–Crippen MR) is 129 cm³/mol. The Morgan fingerprint density at radius 2 is 1.57 bits per heavy atom. The fourth-order valence-corrected chi connectivity index (χ4v) is 5.42. The van der Waals surface area contributed by atoms with Gasteiger partial charge in [0.2, 0.25) is 29.9 Å². The van der Waals surface area contributed by atoms with Crippen LogP contribution in [-0.2, 0) is 14.3 Å². The summed E-state index contributed by atoms with van der Waals surface area (Å²) in [5.74, 6) is -6.12. The molecule has 2 aliphatic heterocycles. The molecule has 37 heavy (non-hydrogen) atoms. The van der Waals surface area contributed by atoms with Crippen LogP contribution in [0.2, 0.25) is 5.02 Å². The van der Waals surface area contributed by atoms with Gasteiger partial charge in [0.1, 0.15) is 5.92 Å². The van der Waals surface area contributed by atoms with Crippen molar-refractivity contribution in [1.29, 1.82) is 0 Å². The van der Waals surface area contributed by atoms with E-state index in [1.807, 2.05) is 0 Å². The quantitative estimate of drug-likeness (QED) is 0.496. The third kappa shape index (κ3) is 3.42. The molecule has 3 aromatic rings. The summed E-state index contributed by atoms with van der Waals surface area (Å²) in [5.41, 5.74) is -1.55. The first-order chi connectivity index (χ1) is 17.8. The van der Waals surface area contributed by atoms with Crippen molar-refractivity contribution in [2.45, 2.75) is 11.7 Å². The summed E-state index contributed by atoms with van der Waals surface area (Å²) in [7, 11) is 0. The topological polar surface area (TPSA) is 128 Å². The molecule has 0 saturated carbocycles. The van der Waals surface area contributed by atoms with Gasteiger partial charge in [0.05, 0.1) is 12.0 Å². The van der Waals surface area contributed by atoms with Gasteiger partial charge < -0.3 is 24.6 Å². The molecule has 6 rings (SSSR count). The fourth-order valence-electron chi connectivity index (χ4n) is 5.29. The Hall–Kier alpha value is -4.21. The molecule has 1 saturated heterocycles. The lowest BCUT2D eigenvalue weighted by Crippen LogP contribution is -2.52. The summed E-state index contributed by atoms with van der Waals surface area (Å²) in [6.45, 7) is 0.0379. The SMILES string of the molecule is O=C(Nc1ccc2c(c1)OCO2)[C@H]1[C@@H](C(=O)O)C2(O[C@H]1c1ccc(Cl)cc1)C(=O)c1ccccc1C2=O. The van der Waals surface area contributed by atoms with E-state index in [9.17, 15) is 24.3 Å². The molecule has 0 radical (unpaired) electrons. The van der Waals surface area contributed by atoms with E-state index in [0.29, 0.717) is 27.8 Å². The third-order valence-electron chi connectivity index (χ3n) is 6.93. The van der Waals surface area contributed by atoms with Crippen LogP contribution in [0.1, 0.15) is 32.4 Å². The molecule has 186 valence electrons. The van der Waals surface area contributed by atoms with E-state index < -0.39 is 47.0 Å². The molecule has 0 aromatic heterocycles. The normalized spacial score (nSPS) is 22.8. The lowest BCUT2D eigenvalue weighted by atomic mass is 9.75. The van der Waals surface area contributed by atoms with Gasteiger partial charge in [-0.15, -0.1) is 0 Å². The molecule has 3 aromatic carbocycles. The van der Waals surface area contributed by atoms with Crippen LogP contribution in [0.25, 0.3) is 0 Å². The van der Waals surface area contributed by atoms with Gasteiger partial charge in [-0.2, -0.15) is 0 Å². The molecule has 0 bridgehead atoms. The van der Waals surface area contributed by atoms with Crippen molar-refractivity contribution < 1.29 is 38.5 Å². The monoisotopic (exact) mass is 519 g/mol. The Balaban J connectivity index is 1.46. The second kappa shape index (κ2) is 8.43. The number of carboxylic acid groups (broad SMARTS) is 1. The van der Waals surface area contributed by atoms with Crippen LogP contribution in [0.3, 0.4) is 0 Å². The van der Waals surface area contributed by atoms with Crippen molar-refractivity contribution in [3.05, 3.63) is 88.4 Å². The minimum absolute atomic E-state index is 0.0379. The van der Waals surface area contributed by atoms with Crippen LogP contribution < -0.4 is 14.8 Å². The minimum Gasteiger partial charge on any atom is -0.481 e. The van der Waals surface area contributed by atoms with E-state index in [1.54, 1.807) is 54.6 Å². The number of anilines is 1. The number of carboxylic acids is 1. The molecule has 3 atom stereocenters. The predicted octanol–water partition coefficient (Wildman–Crippen LogP) is 3.91. The van der Waals surface area contributed by atoms with Crippen LogP contribution in [0.15, 0.2) is 66.7 Å². The third-order valence-corrected chi connectivity index (χ3v) is 7.19. The van der Waals surface area contributed by atoms with Crippen LogP contribution in [0.5, 0.6) is 11.5 Å². The molecular formula is C27H18ClNO8. The summed E-state index contributed by atoms with van der Waals surface area (Å²) in [6, 6.07) is 17.0. The van der Waals surface area contributed by atoms with E-state index in [1.165, 1.54) is 12.1 Å². The second-order valence-corrected chi connectivity index (χ2v) is 9.36. The summed E-state index contributed by atoms with van der Waals surface area (Å²) in [6.07, 6.45) is -1.23. The molecule has 10 heteroatoms. The number of ether oxygens (including phenoxy) is 3. The number of aliphatic carboxylic acids is 1. The lowest BCUT2D eigenvalue weighted by Gasteiger charge is -2.25. The van der Waals surface area contributed by atoms with E-state index in [0.717, 1.165) is 0 Å². The van der Waals surface area contributed by atoms with Gasteiger partial charge in [-0.3, -0.25) is 19.2 Å². The average molecular weight is 520 g/mol. The highest BCUT2D eigenvalue weighted by Crippen LogP contribution is 2.54. The fraction of sp³-hybridized carbons (Fsp3) is 0.185. The van der Waals surface area contributed by atoms with Crippen molar-refractivity contribution >= 4 is 40.7 Å². The second-order valence-electron chi connectivity index (χ2n) is 8.93. The Morgan fingerprint density at radius 3 is 2.22 bits per heavy atom. The maximum atomic E-state index is 13.7.